The molecule has 0 aliphatic carbocycles. The Bertz CT molecular complexity index is 1380. The van der Waals surface area contributed by atoms with Gasteiger partial charge in [-0.05, 0) is 61.1 Å². The summed E-state index contributed by atoms with van der Waals surface area (Å²) in [5.41, 5.74) is 5.04. The van der Waals surface area contributed by atoms with Crippen molar-refractivity contribution in [2.45, 2.75) is 53.6 Å². The average molecular weight is 564 g/mol. The number of anilines is 1. The van der Waals surface area contributed by atoms with Gasteiger partial charge in [-0.3, -0.25) is 13.9 Å². The van der Waals surface area contributed by atoms with E-state index in [1.807, 2.05) is 95.3 Å². The molecule has 0 radical (unpaired) electrons. The molecular formula is C32H41N3O4S. The van der Waals surface area contributed by atoms with E-state index in [0.717, 1.165) is 38.4 Å². The molecular weight excluding hydrogens is 522 g/mol. The first-order valence-corrected chi connectivity index (χ1v) is 15.4. The number of sulfonamides is 1. The van der Waals surface area contributed by atoms with Crippen LogP contribution in [0.25, 0.3) is 0 Å². The highest BCUT2D eigenvalue weighted by atomic mass is 32.2. The Kier molecular flexibility index (Phi) is 10.5. The Hall–Kier alpha value is -3.65. The lowest BCUT2D eigenvalue weighted by molar-refractivity contribution is -0.140. The van der Waals surface area contributed by atoms with Gasteiger partial charge in [0.25, 0.3) is 0 Å². The maximum Gasteiger partial charge on any atom is 0.244 e. The fraction of sp³-hybridized carbons (Fsp3) is 0.375. The molecule has 0 fully saturated rings. The summed E-state index contributed by atoms with van der Waals surface area (Å²) in [5, 5.41) is 3.00. The summed E-state index contributed by atoms with van der Waals surface area (Å²) in [7, 11) is -3.80. The zero-order valence-electron chi connectivity index (χ0n) is 24.3. The van der Waals surface area contributed by atoms with E-state index < -0.39 is 28.5 Å². The van der Waals surface area contributed by atoms with Gasteiger partial charge in [0.05, 0.1) is 11.9 Å². The molecule has 3 aromatic rings. The molecule has 2 amide bonds. The first-order valence-electron chi connectivity index (χ1n) is 13.6. The van der Waals surface area contributed by atoms with E-state index in [1.165, 1.54) is 4.90 Å². The van der Waals surface area contributed by atoms with Crippen LogP contribution in [0.5, 0.6) is 0 Å². The van der Waals surface area contributed by atoms with Gasteiger partial charge in [-0.2, -0.15) is 0 Å². The number of hydrogen-bond donors (Lipinski definition) is 1. The lowest BCUT2D eigenvalue weighted by Gasteiger charge is -2.33. The predicted molar refractivity (Wildman–Crippen MR) is 162 cm³/mol. The number of carbonyl (C=O) groups is 2. The van der Waals surface area contributed by atoms with E-state index in [4.69, 9.17) is 0 Å². The Morgan fingerprint density at radius 3 is 1.98 bits per heavy atom. The Morgan fingerprint density at radius 2 is 1.43 bits per heavy atom. The van der Waals surface area contributed by atoms with Crippen LogP contribution in [0.4, 0.5) is 5.69 Å². The van der Waals surface area contributed by atoms with Gasteiger partial charge in [-0.25, -0.2) is 8.42 Å². The van der Waals surface area contributed by atoms with Crippen molar-refractivity contribution in [3.63, 3.8) is 0 Å². The Balaban J connectivity index is 2.06. The average Bonchev–Trinajstić information content (AvgIpc) is 2.88. The molecule has 0 unspecified atom stereocenters. The van der Waals surface area contributed by atoms with Gasteiger partial charge in [0, 0.05) is 19.5 Å². The van der Waals surface area contributed by atoms with Crippen molar-refractivity contribution in [2.24, 2.45) is 5.92 Å². The van der Waals surface area contributed by atoms with Crippen molar-refractivity contribution >= 4 is 27.5 Å². The fourth-order valence-electron chi connectivity index (χ4n) is 4.58. The second kappa shape index (κ2) is 13.6. The van der Waals surface area contributed by atoms with Crippen LogP contribution in [-0.2, 0) is 32.6 Å². The summed E-state index contributed by atoms with van der Waals surface area (Å²) in [6.45, 7) is 9.99. The van der Waals surface area contributed by atoms with Gasteiger partial charge < -0.3 is 10.2 Å². The van der Waals surface area contributed by atoms with E-state index in [9.17, 15) is 18.0 Å². The van der Waals surface area contributed by atoms with Crippen molar-refractivity contribution in [2.75, 3.05) is 23.7 Å². The standard InChI is InChI=1S/C32H41N3O4S/c1-23(2)20-33-32(37)30(19-27-10-8-7-9-11-27)34(21-28-14-12-24(3)13-15-28)31(36)22-35(40(6,38)39)29-17-25(4)16-26(5)18-29/h7-18,23,30H,19-22H2,1-6H3,(H,33,37)/t30-/m0/s1. The van der Waals surface area contributed by atoms with E-state index >= 15 is 0 Å². The van der Waals surface area contributed by atoms with Crippen LogP contribution >= 0.6 is 0 Å². The molecule has 0 saturated heterocycles. The van der Waals surface area contributed by atoms with Crippen molar-refractivity contribution in [3.8, 4) is 0 Å². The number of nitrogens with zero attached hydrogens (tertiary/aromatic N) is 2. The molecule has 214 valence electrons. The van der Waals surface area contributed by atoms with E-state index in [1.54, 1.807) is 12.1 Å². The summed E-state index contributed by atoms with van der Waals surface area (Å²) in [5.74, 6) is -0.492. The molecule has 1 atom stereocenters. The molecule has 3 aromatic carbocycles. The first-order chi connectivity index (χ1) is 18.8. The van der Waals surface area contributed by atoms with Crippen molar-refractivity contribution in [1.82, 2.24) is 10.2 Å². The molecule has 3 rings (SSSR count). The molecule has 0 saturated carbocycles. The zero-order valence-corrected chi connectivity index (χ0v) is 25.2. The number of benzene rings is 3. The number of carbonyl (C=O) groups excluding carboxylic acids is 2. The normalized spacial score (nSPS) is 12.2. The SMILES string of the molecule is Cc1ccc(CN(C(=O)CN(c2cc(C)cc(C)c2)S(C)(=O)=O)[C@@H](Cc2ccccc2)C(=O)NCC(C)C)cc1. The Morgan fingerprint density at radius 1 is 0.825 bits per heavy atom. The molecule has 0 aromatic heterocycles. The number of amides is 2. The van der Waals surface area contributed by atoms with Crippen LogP contribution in [-0.4, -0.2) is 50.5 Å². The summed E-state index contributed by atoms with van der Waals surface area (Å²) < 4.78 is 27.0. The number of aryl methyl sites for hydroxylation is 3. The third-order valence-corrected chi connectivity index (χ3v) is 7.74. The maximum absolute atomic E-state index is 14.1. The third kappa shape index (κ3) is 8.95. The van der Waals surface area contributed by atoms with Gasteiger partial charge in [-0.15, -0.1) is 0 Å². The molecule has 0 heterocycles. The van der Waals surface area contributed by atoms with E-state index in [2.05, 4.69) is 5.32 Å². The lowest BCUT2D eigenvalue weighted by atomic mass is 10.0. The minimum atomic E-state index is -3.80. The van der Waals surface area contributed by atoms with Crippen LogP contribution in [0.3, 0.4) is 0 Å². The highest BCUT2D eigenvalue weighted by molar-refractivity contribution is 7.92. The number of hydrogen-bond acceptors (Lipinski definition) is 4. The molecule has 7 nitrogen and oxygen atoms in total. The summed E-state index contributed by atoms with van der Waals surface area (Å²) in [4.78, 5) is 29.3. The van der Waals surface area contributed by atoms with Crippen molar-refractivity contribution in [3.05, 3.63) is 101 Å². The molecule has 8 heteroatoms. The van der Waals surface area contributed by atoms with Gasteiger partial charge >= 0.3 is 0 Å². The maximum atomic E-state index is 14.1. The van der Waals surface area contributed by atoms with Gasteiger partial charge in [-0.1, -0.05) is 80.1 Å². The zero-order chi connectivity index (χ0) is 29.4. The molecule has 1 N–H and O–H groups in total. The van der Waals surface area contributed by atoms with Crippen LogP contribution in [0.15, 0.2) is 72.8 Å². The number of nitrogens with one attached hydrogen (secondary N) is 1. The molecule has 0 aliphatic rings. The summed E-state index contributed by atoms with van der Waals surface area (Å²) in [6, 6.07) is 21.9. The van der Waals surface area contributed by atoms with Gasteiger partial charge in [0.1, 0.15) is 12.6 Å². The summed E-state index contributed by atoms with van der Waals surface area (Å²) >= 11 is 0. The topological polar surface area (TPSA) is 86.8 Å². The van der Waals surface area contributed by atoms with Gasteiger partial charge in [0.15, 0.2) is 0 Å². The van der Waals surface area contributed by atoms with E-state index in [-0.39, 0.29) is 18.4 Å². The summed E-state index contributed by atoms with van der Waals surface area (Å²) in [6.07, 6.45) is 1.39. The van der Waals surface area contributed by atoms with Crippen LogP contribution < -0.4 is 9.62 Å². The lowest BCUT2D eigenvalue weighted by Crippen LogP contribution is -2.53. The minimum absolute atomic E-state index is 0.163. The van der Waals surface area contributed by atoms with Gasteiger partial charge in [0.2, 0.25) is 21.8 Å². The molecule has 0 spiro atoms. The second-order valence-electron chi connectivity index (χ2n) is 11.0. The monoisotopic (exact) mass is 563 g/mol. The smallest absolute Gasteiger partial charge is 0.244 e. The quantitative estimate of drug-likeness (QED) is 0.343. The predicted octanol–water partition coefficient (Wildman–Crippen LogP) is 4.79. The minimum Gasteiger partial charge on any atom is -0.354 e. The molecule has 0 bridgehead atoms. The number of rotatable bonds is 12. The van der Waals surface area contributed by atoms with Crippen molar-refractivity contribution in [1.29, 1.82) is 0 Å². The van der Waals surface area contributed by atoms with Crippen molar-refractivity contribution < 1.29 is 18.0 Å². The largest absolute Gasteiger partial charge is 0.354 e. The van der Waals surface area contributed by atoms with Crippen LogP contribution in [0, 0.1) is 26.7 Å². The third-order valence-electron chi connectivity index (χ3n) is 6.60. The van der Waals surface area contributed by atoms with Crippen LogP contribution in [0.2, 0.25) is 0 Å². The van der Waals surface area contributed by atoms with Crippen LogP contribution in [0.1, 0.15) is 41.7 Å². The van der Waals surface area contributed by atoms with E-state index in [0.29, 0.717) is 18.7 Å². The second-order valence-corrected chi connectivity index (χ2v) is 12.9. The first kappa shape index (κ1) is 30.9. The highest BCUT2D eigenvalue weighted by Crippen LogP contribution is 2.23. The molecule has 0 aliphatic heterocycles. The molecule has 40 heavy (non-hydrogen) atoms. The fourth-order valence-corrected chi connectivity index (χ4v) is 5.41. The Labute approximate surface area is 239 Å². The highest BCUT2D eigenvalue weighted by Gasteiger charge is 2.33.